The van der Waals surface area contributed by atoms with E-state index < -0.39 is 0 Å². The molecule has 1 nitrogen and oxygen atoms in total. The number of hydrogen-bond donors (Lipinski definition) is 1. The fraction of sp³-hybridized carbons (Fsp3) is 1.00. The van der Waals surface area contributed by atoms with Gasteiger partial charge in [0.2, 0.25) is 0 Å². The molecule has 0 heterocycles. The summed E-state index contributed by atoms with van der Waals surface area (Å²) < 4.78 is 0. The van der Waals surface area contributed by atoms with Crippen molar-refractivity contribution in [2.75, 3.05) is 12.4 Å². The molecule has 0 aliphatic carbocycles. The summed E-state index contributed by atoms with van der Waals surface area (Å²) in [7, 11) is 0. The lowest BCUT2D eigenvalue weighted by Crippen LogP contribution is -1.93. The molecule has 0 aromatic carbocycles. The fourth-order valence-electron chi connectivity index (χ4n) is 0. The quantitative estimate of drug-likeness (QED) is 0.639. The van der Waals surface area contributed by atoms with E-state index in [2.05, 4.69) is 6.92 Å². The van der Waals surface area contributed by atoms with Crippen molar-refractivity contribution < 1.29 is 0 Å². The van der Waals surface area contributed by atoms with Crippen molar-refractivity contribution in [3.8, 4) is 0 Å². The van der Waals surface area contributed by atoms with E-state index in [-0.39, 0.29) is 12.4 Å². The summed E-state index contributed by atoms with van der Waals surface area (Å²) in [5.41, 5.74) is 5.03. The summed E-state index contributed by atoms with van der Waals surface area (Å²) in [4.78, 5) is 0. The molecule has 0 radical (unpaired) electrons. The second-order valence-corrected chi connectivity index (χ2v) is 1.86. The lowest BCUT2D eigenvalue weighted by Gasteiger charge is -1.70. The molecule has 0 fully saturated rings. The molecule has 0 aliphatic rings. The van der Waals surface area contributed by atoms with Gasteiger partial charge in [0.1, 0.15) is 0 Å². The molecule has 0 saturated carbocycles. The predicted molar refractivity (Wildman–Crippen MR) is 47.6 cm³/mol. The maximum Gasteiger partial charge on any atom is 0.0220 e. The Morgan fingerprint density at radius 3 is 1.44 bits per heavy atom. The summed E-state index contributed by atoms with van der Waals surface area (Å²) in [5.74, 6) is 0.792. The Bertz CT molecular complexity index is 19.0. The van der Waals surface area contributed by atoms with Gasteiger partial charge in [-0.1, -0.05) is 13.8 Å². The monoisotopic (exact) mass is 173 g/mol. The summed E-state index contributed by atoms with van der Waals surface area (Å²) in [6.45, 7) is 4.92. The van der Waals surface area contributed by atoms with Crippen LogP contribution in [0.3, 0.4) is 0 Å². The van der Waals surface area contributed by atoms with Crippen LogP contribution in [0.25, 0.3) is 0 Å². The molecule has 0 aromatic heterocycles. The van der Waals surface area contributed by atoms with E-state index in [1.54, 1.807) is 0 Å². The van der Waals surface area contributed by atoms with Gasteiger partial charge < -0.3 is 5.73 Å². The molecule has 0 aromatic rings. The zero-order valence-electron chi connectivity index (χ0n) is 6.19. The van der Waals surface area contributed by atoms with E-state index in [0.29, 0.717) is 0 Å². The Labute approximate surface area is 69.4 Å². The summed E-state index contributed by atoms with van der Waals surface area (Å²) in [6.07, 6.45) is 2.18. The topological polar surface area (TPSA) is 26.0 Å². The molecule has 0 unspecified atom stereocenters. The maximum absolute atomic E-state index is 5.19. The first-order valence-corrected chi connectivity index (χ1v) is 3.62. The molecule has 3 heteroatoms. The van der Waals surface area contributed by atoms with Crippen LogP contribution in [0.5, 0.6) is 0 Å². The highest BCUT2D eigenvalue weighted by atomic mass is 35.5. The highest BCUT2D eigenvalue weighted by Crippen LogP contribution is 1.75. The SMILES string of the molecule is CCCCl.CCCN.Cl. The van der Waals surface area contributed by atoms with Crippen LogP contribution < -0.4 is 5.73 Å². The molecule has 0 aliphatic heterocycles. The maximum atomic E-state index is 5.19. The second-order valence-electron chi connectivity index (χ2n) is 1.48. The van der Waals surface area contributed by atoms with Gasteiger partial charge in [-0.15, -0.1) is 24.0 Å². The summed E-state index contributed by atoms with van der Waals surface area (Å²) in [5, 5.41) is 0. The van der Waals surface area contributed by atoms with Crippen molar-refractivity contribution in [2.24, 2.45) is 5.73 Å². The first kappa shape index (κ1) is 16.3. The van der Waals surface area contributed by atoms with Crippen LogP contribution in [-0.4, -0.2) is 12.4 Å². The van der Waals surface area contributed by atoms with Gasteiger partial charge in [-0.2, -0.15) is 0 Å². The minimum Gasteiger partial charge on any atom is -0.330 e. The van der Waals surface area contributed by atoms with Crippen LogP contribution in [0.15, 0.2) is 0 Å². The number of rotatable bonds is 2. The normalized spacial score (nSPS) is 6.67. The summed E-state index contributed by atoms with van der Waals surface area (Å²) in [6, 6.07) is 0. The minimum atomic E-state index is 0. The Hall–Kier alpha value is 0.540. The number of alkyl halides is 1. The Balaban J connectivity index is -0.0000000720. The van der Waals surface area contributed by atoms with Gasteiger partial charge in [-0.3, -0.25) is 0 Å². The fourth-order valence-corrected chi connectivity index (χ4v) is 0. The van der Waals surface area contributed by atoms with Gasteiger partial charge in [-0.05, 0) is 19.4 Å². The molecule has 0 rings (SSSR count). The van der Waals surface area contributed by atoms with E-state index >= 15 is 0 Å². The smallest absolute Gasteiger partial charge is 0.0220 e. The third-order valence-electron chi connectivity index (χ3n) is 0.478. The molecule has 0 amide bonds. The number of nitrogens with two attached hydrogens (primary N) is 1. The van der Waals surface area contributed by atoms with Crippen molar-refractivity contribution >= 4 is 24.0 Å². The Morgan fingerprint density at radius 2 is 1.44 bits per heavy atom. The van der Waals surface area contributed by atoms with Gasteiger partial charge in [0.25, 0.3) is 0 Å². The largest absolute Gasteiger partial charge is 0.330 e. The molecular formula is C6H17Cl2N. The van der Waals surface area contributed by atoms with Crippen LogP contribution in [0.2, 0.25) is 0 Å². The molecule has 9 heavy (non-hydrogen) atoms. The van der Waals surface area contributed by atoms with Gasteiger partial charge in [0, 0.05) is 5.88 Å². The van der Waals surface area contributed by atoms with Gasteiger partial charge in [-0.25, -0.2) is 0 Å². The molecule has 0 spiro atoms. The van der Waals surface area contributed by atoms with Crippen LogP contribution in [-0.2, 0) is 0 Å². The predicted octanol–water partition coefficient (Wildman–Crippen LogP) is 2.41. The van der Waals surface area contributed by atoms with Crippen molar-refractivity contribution in [1.29, 1.82) is 0 Å². The number of halogens is 2. The van der Waals surface area contributed by atoms with Crippen molar-refractivity contribution in [3.63, 3.8) is 0 Å². The highest BCUT2D eigenvalue weighted by molar-refractivity contribution is 6.17. The highest BCUT2D eigenvalue weighted by Gasteiger charge is 1.59. The average Bonchev–Trinajstić information content (AvgIpc) is 1.88. The van der Waals surface area contributed by atoms with Gasteiger partial charge in [0.15, 0.2) is 0 Å². The van der Waals surface area contributed by atoms with Crippen molar-refractivity contribution in [2.45, 2.75) is 26.7 Å². The molecule has 2 N–H and O–H groups in total. The third-order valence-corrected chi connectivity index (χ3v) is 0.856. The van der Waals surface area contributed by atoms with E-state index in [9.17, 15) is 0 Å². The van der Waals surface area contributed by atoms with E-state index in [0.717, 1.165) is 25.3 Å². The lowest BCUT2D eigenvalue weighted by atomic mass is 10.5. The molecule has 0 atom stereocenters. The van der Waals surface area contributed by atoms with Crippen LogP contribution in [0.4, 0.5) is 0 Å². The summed E-state index contributed by atoms with van der Waals surface area (Å²) >= 11 is 5.19. The minimum absolute atomic E-state index is 0. The lowest BCUT2D eigenvalue weighted by molar-refractivity contribution is 0.932. The van der Waals surface area contributed by atoms with Crippen molar-refractivity contribution in [1.82, 2.24) is 0 Å². The second kappa shape index (κ2) is 23.6. The third kappa shape index (κ3) is 56.6. The first-order chi connectivity index (χ1) is 3.83. The zero-order chi connectivity index (χ0) is 6.83. The first-order valence-electron chi connectivity index (χ1n) is 3.09. The van der Waals surface area contributed by atoms with Crippen LogP contribution >= 0.6 is 24.0 Å². The molecular weight excluding hydrogens is 157 g/mol. The van der Waals surface area contributed by atoms with E-state index in [1.807, 2.05) is 6.92 Å². The molecule has 60 valence electrons. The van der Waals surface area contributed by atoms with E-state index in [1.165, 1.54) is 0 Å². The van der Waals surface area contributed by atoms with Crippen LogP contribution in [0.1, 0.15) is 26.7 Å². The molecule has 0 bridgehead atoms. The molecule has 0 saturated heterocycles. The van der Waals surface area contributed by atoms with Gasteiger partial charge >= 0.3 is 0 Å². The zero-order valence-corrected chi connectivity index (χ0v) is 7.76. The Kier molecular flexibility index (Phi) is 42.6. The number of hydrogen-bond acceptors (Lipinski definition) is 1. The van der Waals surface area contributed by atoms with E-state index in [4.69, 9.17) is 17.3 Å². The average molecular weight is 174 g/mol. The van der Waals surface area contributed by atoms with Gasteiger partial charge in [0.05, 0.1) is 0 Å². The van der Waals surface area contributed by atoms with Crippen LogP contribution in [0, 0.1) is 0 Å². The standard InChI is InChI=1S/C3H7Cl.C3H9N.ClH/c2*1-2-3-4;/h2-3H2,1H3;2-4H2,1H3;1H. The Morgan fingerprint density at radius 1 is 1.22 bits per heavy atom. The van der Waals surface area contributed by atoms with Crippen molar-refractivity contribution in [3.05, 3.63) is 0 Å².